The van der Waals surface area contributed by atoms with Crippen molar-refractivity contribution in [3.05, 3.63) is 0 Å². The van der Waals surface area contributed by atoms with Gasteiger partial charge in [0.05, 0.1) is 0 Å². The highest BCUT2D eigenvalue weighted by Crippen LogP contribution is 2.24. The van der Waals surface area contributed by atoms with E-state index in [4.69, 9.17) is 0 Å². The molecule has 0 heterocycles. The number of carbonyl (C=O) groups excluding carboxylic acids is 2. The third kappa shape index (κ3) is 5.52. The van der Waals surface area contributed by atoms with Crippen LogP contribution in [0.3, 0.4) is 0 Å². The summed E-state index contributed by atoms with van der Waals surface area (Å²) in [6, 6.07) is -0.0785. The molecule has 2 N–H and O–H groups in total. The number of nitrogens with one attached hydrogen (secondary N) is 2. The van der Waals surface area contributed by atoms with Crippen molar-refractivity contribution in [2.75, 3.05) is 6.54 Å². The van der Waals surface area contributed by atoms with E-state index in [1.54, 1.807) is 0 Å². The number of carbonyl (C=O) groups is 2. The smallest absolute Gasteiger partial charge is 0.223 e. The van der Waals surface area contributed by atoms with Gasteiger partial charge in [0.25, 0.3) is 0 Å². The highest BCUT2D eigenvalue weighted by atomic mass is 16.2. The molecule has 0 saturated heterocycles. The molecule has 1 fully saturated rings. The predicted octanol–water partition coefficient (Wildman–Crippen LogP) is 1.84. The molecule has 4 nitrogen and oxygen atoms in total. The molecular weight excluding hydrogens is 228 g/mol. The van der Waals surface area contributed by atoms with Gasteiger partial charge in [-0.25, -0.2) is 0 Å². The van der Waals surface area contributed by atoms with Crippen LogP contribution in [0.4, 0.5) is 0 Å². The van der Waals surface area contributed by atoms with Crippen LogP contribution in [0, 0.1) is 11.8 Å². The summed E-state index contributed by atoms with van der Waals surface area (Å²) >= 11 is 0. The molecular formula is C14H26N2O2. The zero-order chi connectivity index (χ0) is 13.5. The summed E-state index contributed by atoms with van der Waals surface area (Å²) in [6.07, 6.45) is 4.67. The molecule has 0 radical (unpaired) electrons. The molecule has 18 heavy (non-hydrogen) atoms. The van der Waals surface area contributed by atoms with Gasteiger partial charge in [0.1, 0.15) is 0 Å². The molecule has 1 rings (SSSR count). The Morgan fingerprint density at radius 3 is 2.33 bits per heavy atom. The second-order valence-electron chi connectivity index (χ2n) is 5.79. The Morgan fingerprint density at radius 2 is 1.78 bits per heavy atom. The van der Waals surface area contributed by atoms with E-state index < -0.39 is 0 Å². The predicted molar refractivity (Wildman–Crippen MR) is 72.0 cm³/mol. The molecule has 1 saturated carbocycles. The Bertz CT molecular complexity index is 284. The Kier molecular flexibility index (Phi) is 6.16. The van der Waals surface area contributed by atoms with E-state index in [1.165, 1.54) is 0 Å². The third-order valence-corrected chi connectivity index (χ3v) is 3.31. The van der Waals surface area contributed by atoms with Gasteiger partial charge in [0.2, 0.25) is 11.8 Å². The van der Waals surface area contributed by atoms with Crippen LogP contribution in [-0.4, -0.2) is 24.4 Å². The Balaban J connectivity index is 2.21. The van der Waals surface area contributed by atoms with Gasteiger partial charge in [-0.1, -0.05) is 26.7 Å². The molecule has 2 amide bonds. The first-order chi connectivity index (χ1) is 8.49. The molecule has 4 heteroatoms. The molecule has 1 aliphatic rings. The first kappa shape index (κ1) is 15.0. The lowest BCUT2D eigenvalue weighted by atomic mass is 10.1. The molecule has 0 spiro atoms. The molecule has 1 atom stereocenters. The van der Waals surface area contributed by atoms with Crippen LogP contribution < -0.4 is 10.6 Å². The van der Waals surface area contributed by atoms with Gasteiger partial charge in [0.15, 0.2) is 0 Å². The fourth-order valence-electron chi connectivity index (χ4n) is 2.27. The van der Waals surface area contributed by atoms with Crippen molar-refractivity contribution in [3.8, 4) is 0 Å². The van der Waals surface area contributed by atoms with E-state index in [0.717, 1.165) is 25.7 Å². The maximum absolute atomic E-state index is 11.9. The second kappa shape index (κ2) is 7.39. The monoisotopic (exact) mass is 254 g/mol. The van der Waals surface area contributed by atoms with E-state index in [2.05, 4.69) is 24.5 Å². The van der Waals surface area contributed by atoms with Crippen molar-refractivity contribution in [1.29, 1.82) is 0 Å². The first-order valence-electron chi connectivity index (χ1n) is 7.06. The fraction of sp³-hybridized carbons (Fsp3) is 0.857. The van der Waals surface area contributed by atoms with E-state index >= 15 is 0 Å². The Hall–Kier alpha value is -1.06. The van der Waals surface area contributed by atoms with Gasteiger partial charge in [-0.15, -0.1) is 0 Å². The van der Waals surface area contributed by atoms with Gasteiger partial charge in [0, 0.05) is 24.9 Å². The SMILES string of the molecule is CC(C)CNC(=O)C[C@@H](C)NC(=O)C1CCCC1. The largest absolute Gasteiger partial charge is 0.356 e. The van der Waals surface area contributed by atoms with E-state index in [-0.39, 0.29) is 23.8 Å². The maximum atomic E-state index is 11.9. The second-order valence-corrected chi connectivity index (χ2v) is 5.79. The third-order valence-electron chi connectivity index (χ3n) is 3.31. The summed E-state index contributed by atoms with van der Waals surface area (Å²) in [4.78, 5) is 23.5. The van der Waals surface area contributed by atoms with Gasteiger partial charge in [-0.05, 0) is 25.7 Å². The standard InChI is InChI=1S/C14H26N2O2/c1-10(2)9-15-13(17)8-11(3)16-14(18)12-6-4-5-7-12/h10-12H,4-9H2,1-3H3,(H,15,17)(H,16,18)/t11-/m1/s1. The highest BCUT2D eigenvalue weighted by Gasteiger charge is 2.24. The zero-order valence-corrected chi connectivity index (χ0v) is 11.8. The molecule has 0 aromatic heterocycles. The lowest BCUT2D eigenvalue weighted by molar-refractivity contribution is -0.126. The minimum atomic E-state index is -0.0785. The molecule has 0 aliphatic heterocycles. The van der Waals surface area contributed by atoms with Crippen molar-refractivity contribution in [1.82, 2.24) is 10.6 Å². The van der Waals surface area contributed by atoms with Crippen LogP contribution >= 0.6 is 0 Å². The van der Waals surface area contributed by atoms with Gasteiger partial charge in [-0.3, -0.25) is 9.59 Å². The average Bonchev–Trinajstić information content (AvgIpc) is 2.79. The molecule has 0 bridgehead atoms. The number of hydrogen-bond acceptors (Lipinski definition) is 2. The van der Waals surface area contributed by atoms with Crippen LogP contribution in [0.5, 0.6) is 0 Å². The molecule has 0 aromatic carbocycles. The number of hydrogen-bond donors (Lipinski definition) is 2. The van der Waals surface area contributed by atoms with Gasteiger partial charge < -0.3 is 10.6 Å². The van der Waals surface area contributed by atoms with Gasteiger partial charge in [-0.2, -0.15) is 0 Å². The number of amides is 2. The molecule has 1 aliphatic carbocycles. The minimum absolute atomic E-state index is 0.0166. The fourth-order valence-corrected chi connectivity index (χ4v) is 2.27. The van der Waals surface area contributed by atoms with E-state index in [1.807, 2.05) is 6.92 Å². The highest BCUT2D eigenvalue weighted by molar-refractivity contribution is 5.81. The van der Waals surface area contributed by atoms with Crippen molar-refractivity contribution < 1.29 is 9.59 Å². The summed E-state index contributed by atoms with van der Waals surface area (Å²) in [5.74, 6) is 0.767. The van der Waals surface area contributed by atoms with Crippen LogP contribution in [-0.2, 0) is 9.59 Å². The molecule has 104 valence electrons. The zero-order valence-electron chi connectivity index (χ0n) is 11.8. The molecule has 0 unspecified atom stereocenters. The van der Waals surface area contributed by atoms with Crippen LogP contribution in [0.15, 0.2) is 0 Å². The first-order valence-corrected chi connectivity index (χ1v) is 7.06. The van der Waals surface area contributed by atoms with Crippen LogP contribution in [0.1, 0.15) is 52.9 Å². The summed E-state index contributed by atoms with van der Waals surface area (Å²) in [6.45, 7) is 6.71. The molecule has 0 aromatic rings. The lowest BCUT2D eigenvalue weighted by Gasteiger charge is -2.17. The van der Waals surface area contributed by atoms with Crippen LogP contribution in [0.2, 0.25) is 0 Å². The summed E-state index contributed by atoms with van der Waals surface area (Å²) < 4.78 is 0. The topological polar surface area (TPSA) is 58.2 Å². The summed E-state index contributed by atoms with van der Waals surface area (Å²) in [5.41, 5.74) is 0. The summed E-state index contributed by atoms with van der Waals surface area (Å²) in [7, 11) is 0. The normalized spacial score (nSPS) is 17.8. The quantitative estimate of drug-likeness (QED) is 0.760. The van der Waals surface area contributed by atoms with E-state index in [9.17, 15) is 9.59 Å². The number of rotatable bonds is 6. The van der Waals surface area contributed by atoms with Crippen molar-refractivity contribution in [2.24, 2.45) is 11.8 Å². The Labute approximate surface area is 110 Å². The van der Waals surface area contributed by atoms with E-state index in [0.29, 0.717) is 18.9 Å². The lowest BCUT2D eigenvalue weighted by Crippen LogP contribution is -2.40. The summed E-state index contributed by atoms with van der Waals surface area (Å²) in [5, 5.41) is 5.81. The van der Waals surface area contributed by atoms with Crippen LogP contribution in [0.25, 0.3) is 0 Å². The Morgan fingerprint density at radius 1 is 1.17 bits per heavy atom. The maximum Gasteiger partial charge on any atom is 0.223 e. The van der Waals surface area contributed by atoms with Crippen molar-refractivity contribution >= 4 is 11.8 Å². The van der Waals surface area contributed by atoms with Crippen molar-refractivity contribution in [3.63, 3.8) is 0 Å². The average molecular weight is 254 g/mol. The van der Waals surface area contributed by atoms with Crippen molar-refractivity contribution in [2.45, 2.75) is 58.9 Å². The van der Waals surface area contributed by atoms with Gasteiger partial charge >= 0.3 is 0 Å². The minimum Gasteiger partial charge on any atom is -0.356 e.